The maximum Gasteiger partial charge on any atom is 0.280 e. The smallest absolute Gasteiger partial charge is 0.280 e. The van der Waals surface area contributed by atoms with Crippen molar-refractivity contribution >= 4 is 46.3 Å². The molecule has 0 spiro atoms. The number of carbonyl (C=O) groups is 2. The van der Waals surface area contributed by atoms with Crippen molar-refractivity contribution in [3.05, 3.63) is 112 Å². The van der Waals surface area contributed by atoms with Crippen LogP contribution in [0.3, 0.4) is 0 Å². The lowest BCUT2D eigenvalue weighted by atomic mass is 10.1. The van der Waals surface area contributed by atoms with Crippen LogP contribution in [-0.4, -0.2) is 51.9 Å². The average molecular weight is 598 g/mol. The SMILES string of the molecule is COc1ccc(NC(=O)CC2S/C(=N\N=C\c3ccc(-c4ccccc4[N+](=O)[O-])o3)N(CCc3ccccc3)C2=O)cc1. The molecule has 1 N–H and O–H groups in total. The normalized spacial score (nSPS) is 15.7. The lowest BCUT2D eigenvalue weighted by molar-refractivity contribution is -0.384. The topological polar surface area (TPSA) is 140 Å². The molecular weight excluding hydrogens is 570 g/mol. The molecular formula is C31H27N5O6S. The Kier molecular flexibility index (Phi) is 9.27. The third kappa shape index (κ3) is 7.35. The van der Waals surface area contributed by atoms with Gasteiger partial charge < -0.3 is 14.5 Å². The van der Waals surface area contributed by atoms with E-state index in [9.17, 15) is 19.7 Å². The zero-order valence-electron chi connectivity index (χ0n) is 23.1. The number of benzene rings is 3. The van der Waals surface area contributed by atoms with Gasteiger partial charge in [-0.05, 0) is 54.4 Å². The molecule has 0 radical (unpaired) electrons. The number of methoxy groups -OCH3 is 1. The summed E-state index contributed by atoms with van der Waals surface area (Å²) in [4.78, 5) is 38.6. The first-order chi connectivity index (χ1) is 20.9. The average Bonchev–Trinajstić information content (AvgIpc) is 3.61. The van der Waals surface area contributed by atoms with Gasteiger partial charge in [0.25, 0.3) is 5.69 Å². The molecule has 1 aromatic heterocycles. The molecule has 0 aliphatic carbocycles. The molecule has 5 rings (SSSR count). The second-order valence-electron chi connectivity index (χ2n) is 9.42. The third-order valence-corrected chi connectivity index (χ3v) is 7.72. The molecule has 0 bridgehead atoms. The number of ether oxygens (including phenoxy) is 1. The summed E-state index contributed by atoms with van der Waals surface area (Å²) in [5.74, 6) is 0.790. The quantitative estimate of drug-likeness (QED) is 0.132. The van der Waals surface area contributed by atoms with Gasteiger partial charge in [0.2, 0.25) is 11.8 Å². The van der Waals surface area contributed by atoms with Gasteiger partial charge in [-0.1, -0.05) is 54.2 Å². The van der Waals surface area contributed by atoms with E-state index in [1.807, 2.05) is 30.3 Å². The number of anilines is 1. The Morgan fingerprint density at radius 3 is 2.56 bits per heavy atom. The largest absolute Gasteiger partial charge is 0.497 e. The standard InChI is InChI=1S/C31H27N5O6S/c1-41-23-13-11-22(12-14-23)33-29(37)19-28-30(38)35(18-17-21-7-3-2-4-8-21)31(43-28)34-32-20-24-15-16-27(42-24)25-9-5-6-10-26(25)36(39)40/h2-16,20,28H,17-19H2,1H3,(H,33,37)/b32-20+,34-31-. The number of hydrogen-bond acceptors (Lipinski definition) is 9. The second kappa shape index (κ2) is 13.6. The monoisotopic (exact) mass is 597 g/mol. The summed E-state index contributed by atoms with van der Waals surface area (Å²) in [6, 6.07) is 26.2. The molecule has 3 aromatic carbocycles. The molecule has 0 saturated carbocycles. The zero-order valence-corrected chi connectivity index (χ0v) is 23.9. The fourth-order valence-electron chi connectivity index (χ4n) is 4.41. The Labute approximate surface area is 251 Å². The Balaban J connectivity index is 1.30. The molecule has 12 heteroatoms. The Morgan fingerprint density at radius 2 is 1.81 bits per heavy atom. The van der Waals surface area contributed by atoms with E-state index < -0.39 is 10.2 Å². The van der Waals surface area contributed by atoms with Gasteiger partial charge in [0.15, 0.2) is 5.17 Å². The van der Waals surface area contributed by atoms with E-state index in [1.54, 1.807) is 66.6 Å². The Hall–Kier alpha value is -5.23. The van der Waals surface area contributed by atoms with Gasteiger partial charge in [-0.2, -0.15) is 5.10 Å². The van der Waals surface area contributed by atoms with Crippen molar-refractivity contribution < 1.29 is 23.7 Å². The van der Waals surface area contributed by atoms with Crippen LogP contribution in [0.25, 0.3) is 11.3 Å². The highest BCUT2D eigenvalue weighted by Crippen LogP contribution is 2.32. The highest BCUT2D eigenvalue weighted by atomic mass is 32.2. The fourth-order valence-corrected chi connectivity index (χ4v) is 5.53. The lowest BCUT2D eigenvalue weighted by Gasteiger charge is -2.15. The molecule has 1 aliphatic heterocycles. The summed E-state index contributed by atoms with van der Waals surface area (Å²) in [6.07, 6.45) is 1.92. The number of hydrogen-bond donors (Lipinski definition) is 1. The number of amidine groups is 1. The number of nitrogens with zero attached hydrogens (tertiary/aromatic N) is 4. The van der Waals surface area contributed by atoms with Gasteiger partial charge >= 0.3 is 0 Å². The zero-order chi connectivity index (χ0) is 30.2. The highest BCUT2D eigenvalue weighted by molar-refractivity contribution is 8.15. The number of carbonyl (C=O) groups excluding carboxylic acids is 2. The van der Waals surface area contributed by atoms with E-state index in [0.29, 0.717) is 46.7 Å². The Morgan fingerprint density at radius 1 is 1.07 bits per heavy atom. The van der Waals surface area contributed by atoms with E-state index in [0.717, 1.165) is 5.56 Å². The van der Waals surface area contributed by atoms with E-state index in [2.05, 4.69) is 15.5 Å². The van der Waals surface area contributed by atoms with Crippen molar-refractivity contribution in [2.75, 3.05) is 19.0 Å². The summed E-state index contributed by atoms with van der Waals surface area (Å²) in [6.45, 7) is 0.364. The minimum Gasteiger partial charge on any atom is -0.497 e. The van der Waals surface area contributed by atoms with Crippen molar-refractivity contribution in [2.45, 2.75) is 18.1 Å². The van der Waals surface area contributed by atoms with Gasteiger partial charge in [-0.25, -0.2) is 0 Å². The second-order valence-corrected chi connectivity index (χ2v) is 10.6. The lowest BCUT2D eigenvalue weighted by Crippen LogP contribution is -2.35. The highest BCUT2D eigenvalue weighted by Gasteiger charge is 2.39. The van der Waals surface area contributed by atoms with Gasteiger partial charge in [0, 0.05) is 24.7 Å². The van der Waals surface area contributed by atoms with Crippen molar-refractivity contribution in [3.8, 4) is 17.1 Å². The number of rotatable bonds is 11. The van der Waals surface area contributed by atoms with Crippen LogP contribution >= 0.6 is 11.8 Å². The first kappa shape index (κ1) is 29.3. The van der Waals surface area contributed by atoms with Crippen LogP contribution in [0.15, 0.2) is 106 Å². The summed E-state index contributed by atoms with van der Waals surface area (Å²) in [7, 11) is 1.56. The molecule has 1 fully saturated rings. The predicted molar refractivity (Wildman–Crippen MR) is 165 cm³/mol. The molecule has 1 atom stereocenters. The molecule has 2 amide bonds. The molecule has 218 valence electrons. The minimum absolute atomic E-state index is 0.0441. The summed E-state index contributed by atoms with van der Waals surface area (Å²) in [5.41, 5.74) is 1.93. The van der Waals surface area contributed by atoms with Crippen LogP contribution in [0.2, 0.25) is 0 Å². The fraction of sp³-hybridized carbons (Fsp3) is 0.161. The van der Waals surface area contributed by atoms with Crippen LogP contribution in [0.5, 0.6) is 5.75 Å². The molecule has 1 unspecified atom stereocenters. The van der Waals surface area contributed by atoms with Crippen molar-refractivity contribution in [3.63, 3.8) is 0 Å². The molecule has 1 aliphatic rings. The van der Waals surface area contributed by atoms with Gasteiger partial charge in [0.1, 0.15) is 22.5 Å². The first-order valence-electron chi connectivity index (χ1n) is 13.3. The van der Waals surface area contributed by atoms with Gasteiger partial charge in [0.05, 0.1) is 23.8 Å². The molecule has 1 saturated heterocycles. The number of furan rings is 1. The van der Waals surface area contributed by atoms with Gasteiger partial charge in [-0.3, -0.25) is 24.6 Å². The van der Waals surface area contributed by atoms with Crippen molar-refractivity contribution in [1.82, 2.24) is 4.90 Å². The van der Waals surface area contributed by atoms with E-state index in [4.69, 9.17) is 9.15 Å². The van der Waals surface area contributed by atoms with Crippen LogP contribution in [0.1, 0.15) is 17.7 Å². The minimum atomic E-state index is -0.670. The predicted octanol–water partition coefficient (Wildman–Crippen LogP) is 5.77. The summed E-state index contributed by atoms with van der Waals surface area (Å²) < 4.78 is 10.9. The van der Waals surface area contributed by atoms with Crippen molar-refractivity contribution in [1.29, 1.82) is 0 Å². The number of para-hydroxylation sites is 1. The number of thioether (sulfide) groups is 1. The van der Waals surface area contributed by atoms with E-state index in [1.165, 1.54) is 24.0 Å². The van der Waals surface area contributed by atoms with Gasteiger partial charge in [-0.15, -0.1) is 5.10 Å². The maximum atomic E-state index is 13.4. The van der Waals surface area contributed by atoms with E-state index >= 15 is 0 Å². The molecule has 11 nitrogen and oxygen atoms in total. The number of nitrogens with one attached hydrogen (secondary N) is 1. The first-order valence-corrected chi connectivity index (χ1v) is 14.2. The maximum absolute atomic E-state index is 13.4. The molecule has 4 aromatic rings. The molecule has 2 heterocycles. The van der Waals surface area contributed by atoms with E-state index in [-0.39, 0.29) is 23.9 Å². The number of amides is 2. The van der Waals surface area contributed by atoms with Crippen molar-refractivity contribution in [2.24, 2.45) is 10.2 Å². The number of nitro groups is 1. The van der Waals surface area contributed by atoms with Crippen LogP contribution in [0.4, 0.5) is 11.4 Å². The third-order valence-electron chi connectivity index (χ3n) is 6.55. The van der Waals surface area contributed by atoms with Crippen LogP contribution < -0.4 is 10.1 Å². The Bertz CT molecular complexity index is 1670. The number of nitro benzene ring substituents is 1. The molecule has 43 heavy (non-hydrogen) atoms. The van der Waals surface area contributed by atoms with Crippen LogP contribution in [0, 0.1) is 10.1 Å². The summed E-state index contributed by atoms with van der Waals surface area (Å²) >= 11 is 1.18. The summed E-state index contributed by atoms with van der Waals surface area (Å²) in [5, 5.41) is 22.3. The van der Waals surface area contributed by atoms with Crippen LogP contribution in [-0.2, 0) is 16.0 Å².